The minimum Gasteiger partial charge on any atom is -0.345 e. The van der Waals surface area contributed by atoms with E-state index in [1.165, 1.54) is 17.6 Å². The molecule has 1 saturated carbocycles. The van der Waals surface area contributed by atoms with Gasteiger partial charge < -0.3 is 5.32 Å². The second-order valence-electron chi connectivity index (χ2n) is 5.92. The fourth-order valence-corrected chi connectivity index (χ4v) is 2.38. The zero-order chi connectivity index (χ0) is 19.7. The van der Waals surface area contributed by atoms with Crippen LogP contribution in [0.2, 0.25) is 0 Å². The zero-order valence-corrected chi connectivity index (χ0v) is 13.6. The summed E-state index contributed by atoms with van der Waals surface area (Å²) in [6.07, 6.45) is -1.46. The highest BCUT2D eigenvalue weighted by atomic mass is 19.4. The van der Waals surface area contributed by atoms with Crippen LogP contribution >= 0.6 is 0 Å². The van der Waals surface area contributed by atoms with Crippen molar-refractivity contribution in [2.75, 3.05) is 5.32 Å². The largest absolute Gasteiger partial charge is 0.472 e. The molecule has 11 heteroatoms. The highest BCUT2D eigenvalue weighted by molar-refractivity contribution is 5.95. The molecule has 1 fully saturated rings. The van der Waals surface area contributed by atoms with Crippen molar-refractivity contribution < 1.29 is 27.2 Å². The smallest absolute Gasteiger partial charge is 0.345 e. The molecule has 1 aliphatic rings. The molecule has 1 heterocycles. The normalized spacial score (nSPS) is 15.0. The third kappa shape index (κ3) is 4.30. The van der Waals surface area contributed by atoms with Crippen molar-refractivity contribution in [3.05, 3.63) is 53.6 Å². The Bertz CT molecular complexity index is 866. The Hall–Kier alpha value is -3.24. The number of benzene rings is 1. The molecule has 2 aromatic rings. The van der Waals surface area contributed by atoms with Crippen LogP contribution in [0.4, 0.5) is 23.5 Å². The van der Waals surface area contributed by atoms with Gasteiger partial charge in [0.25, 0.3) is 5.91 Å². The molecule has 7 nitrogen and oxygen atoms in total. The first-order valence-corrected chi connectivity index (χ1v) is 7.73. The van der Waals surface area contributed by atoms with Gasteiger partial charge in [0.2, 0.25) is 5.95 Å². The molecule has 3 N–H and O–H groups in total. The molecule has 3 rings (SSSR count). The number of carbonyl (C=O) groups excluding carboxylic acids is 2. The van der Waals surface area contributed by atoms with Crippen LogP contribution in [0.25, 0.3) is 0 Å². The second-order valence-corrected chi connectivity index (χ2v) is 5.92. The number of hydrogen-bond acceptors (Lipinski definition) is 5. The number of alkyl halides is 3. The lowest BCUT2D eigenvalue weighted by atomic mass is 10.1. The van der Waals surface area contributed by atoms with Crippen LogP contribution in [0, 0.1) is 5.82 Å². The first-order chi connectivity index (χ1) is 12.7. The quantitative estimate of drug-likeness (QED) is 0.555. The van der Waals surface area contributed by atoms with E-state index in [1.807, 2.05) is 0 Å². The summed E-state index contributed by atoms with van der Waals surface area (Å²) in [5.74, 6) is -3.51. The first-order valence-electron chi connectivity index (χ1n) is 7.73. The Morgan fingerprint density at radius 2 is 1.74 bits per heavy atom. The summed E-state index contributed by atoms with van der Waals surface area (Å²) >= 11 is 0. The summed E-state index contributed by atoms with van der Waals surface area (Å²) in [4.78, 5) is 30.2. The van der Waals surface area contributed by atoms with Gasteiger partial charge in [0, 0.05) is 12.4 Å². The molecular weight excluding hydrogens is 370 g/mol. The fourth-order valence-electron chi connectivity index (χ4n) is 2.38. The molecule has 0 unspecified atom stereocenters. The fraction of sp³-hybridized carbons (Fsp3) is 0.250. The molecule has 1 aliphatic carbocycles. The van der Waals surface area contributed by atoms with E-state index in [0.717, 1.165) is 30.8 Å². The molecule has 142 valence electrons. The number of halogens is 4. The first kappa shape index (κ1) is 18.5. The monoisotopic (exact) mass is 383 g/mol. The van der Waals surface area contributed by atoms with Gasteiger partial charge in [0.15, 0.2) is 0 Å². The standard InChI is InChI=1S/C16H13F4N5O2/c17-11-3-1-2-10(6-11)15(4-5-15)23-14-21-7-9(8-22-14)12(26)24-25-13(27)16(18,19)20/h1-3,6-8H,4-5H2,(H,24,26)(H,25,27)(H,21,22,23). The Morgan fingerprint density at radius 1 is 1.07 bits per heavy atom. The van der Waals surface area contributed by atoms with E-state index in [9.17, 15) is 27.2 Å². The summed E-state index contributed by atoms with van der Waals surface area (Å²) in [6.45, 7) is 0. The number of nitrogens with one attached hydrogen (secondary N) is 3. The van der Waals surface area contributed by atoms with Gasteiger partial charge >= 0.3 is 12.1 Å². The number of hydrazine groups is 1. The average Bonchev–Trinajstić information content (AvgIpc) is 3.40. The minimum absolute atomic E-state index is 0.154. The van der Waals surface area contributed by atoms with Crippen LogP contribution in [0.15, 0.2) is 36.7 Å². The van der Waals surface area contributed by atoms with Crippen molar-refractivity contribution in [2.24, 2.45) is 0 Å². The topological polar surface area (TPSA) is 96.0 Å². The lowest BCUT2D eigenvalue weighted by molar-refractivity contribution is -0.174. The highest BCUT2D eigenvalue weighted by Crippen LogP contribution is 2.47. The molecule has 0 bridgehead atoms. The van der Waals surface area contributed by atoms with Gasteiger partial charge in [0.1, 0.15) is 5.82 Å². The van der Waals surface area contributed by atoms with Crippen LogP contribution in [0.3, 0.4) is 0 Å². The van der Waals surface area contributed by atoms with E-state index < -0.39 is 23.5 Å². The van der Waals surface area contributed by atoms with Crippen molar-refractivity contribution in [3.8, 4) is 0 Å². The molecule has 0 saturated heterocycles. The van der Waals surface area contributed by atoms with Crippen molar-refractivity contribution in [1.82, 2.24) is 20.8 Å². The number of anilines is 1. The van der Waals surface area contributed by atoms with Crippen molar-refractivity contribution in [2.45, 2.75) is 24.6 Å². The number of nitrogens with zero attached hydrogens (tertiary/aromatic N) is 2. The van der Waals surface area contributed by atoms with E-state index in [-0.39, 0.29) is 17.3 Å². The molecule has 27 heavy (non-hydrogen) atoms. The summed E-state index contributed by atoms with van der Waals surface area (Å²) in [5, 5.41) is 3.07. The number of aromatic nitrogens is 2. The predicted molar refractivity (Wildman–Crippen MR) is 84.6 cm³/mol. The van der Waals surface area contributed by atoms with Crippen LogP contribution in [0.5, 0.6) is 0 Å². The van der Waals surface area contributed by atoms with Crippen molar-refractivity contribution >= 4 is 17.8 Å². The number of amides is 2. The third-order valence-corrected chi connectivity index (χ3v) is 3.94. The third-order valence-electron chi connectivity index (χ3n) is 3.94. The van der Waals surface area contributed by atoms with Crippen molar-refractivity contribution in [1.29, 1.82) is 0 Å². The van der Waals surface area contributed by atoms with Gasteiger partial charge in [-0.2, -0.15) is 13.2 Å². The van der Waals surface area contributed by atoms with Gasteiger partial charge in [-0.15, -0.1) is 0 Å². The maximum atomic E-state index is 13.4. The van der Waals surface area contributed by atoms with Crippen LogP contribution in [0.1, 0.15) is 28.8 Å². The van der Waals surface area contributed by atoms with Crippen molar-refractivity contribution in [3.63, 3.8) is 0 Å². The summed E-state index contributed by atoms with van der Waals surface area (Å²) in [5.41, 5.74) is 2.95. The van der Waals surface area contributed by atoms with E-state index in [0.29, 0.717) is 0 Å². The van der Waals surface area contributed by atoms with Gasteiger partial charge in [-0.1, -0.05) is 12.1 Å². The summed E-state index contributed by atoms with van der Waals surface area (Å²) in [7, 11) is 0. The second kappa shape index (κ2) is 6.82. The van der Waals surface area contributed by atoms with E-state index in [4.69, 9.17) is 0 Å². The summed E-state index contributed by atoms with van der Waals surface area (Å²) < 4.78 is 49.6. The van der Waals surface area contributed by atoms with Gasteiger partial charge in [-0.25, -0.2) is 14.4 Å². The lowest BCUT2D eigenvalue weighted by Crippen LogP contribution is -2.47. The van der Waals surface area contributed by atoms with Gasteiger partial charge in [-0.3, -0.25) is 20.4 Å². The number of carbonyl (C=O) groups is 2. The molecule has 0 radical (unpaired) electrons. The van der Waals surface area contributed by atoms with Crippen LogP contribution < -0.4 is 16.2 Å². The van der Waals surface area contributed by atoms with Gasteiger partial charge in [-0.05, 0) is 30.5 Å². The molecule has 0 atom stereocenters. The SMILES string of the molecule is O=C(NNC(=O)C(F)(F)F)c1cnc(NC2(c3cccc(F)c3)CC2)nc1. The Balaban J connectivity index is 1.62. The van der Waals surface area contributed by atoms with Crippen LogP contribution in [-0.4, -0.2) is 28.0 Å². The Kier molecular flexibility index (Phi) is 4.68. The van der Waals surface area contributed by atoms with Gasteiger partial charge in [0.05, 0.1) is 11.1 Å². The zero-order valence-electron chi connectivity index (χ0n) is 13.6. The lowest BCUT2D eigenvalue weighted by Gasteiger charge is -2.18. The molecule has 1 aromatic heterocycles. The molecular formula is C16H13F4N5O2. The Morgan fingerprint density at radius 3 is 2.30 bits per heavy atom. The van der Waals surface area contributed by atoms with Crippen LogP contribution in [-0.2, 0) is 10.3 Å². The molecule has 2 amide bonds. The van der Waals surface area contributed by atoms with E-state index in [1.54, 1.807) is 17.6 Å². The molecule has 0 aliphatic heterocycles. The Labute approximate surface area is 150 Å². The van der Waals surface area contributed by atoms with E-state index >= 15 is 0 Å². The summed E-state index contributed by atoms with van der Waals surface area (Å²) in [6, 6.07) is 6.11. The predicted octanol–water partition coefficient (Wildman–Crippen LogP) is 2.04. The minimum atomic E-state index is -5.12. The maximum absolute atomic E-state index is 13.4. The number of rotatable bonds is 4. The highest BCUT2D eigenvalue weighted by Gasteiger charge is 2.45. The van der Waals surface area contributed by atoms with E-state index in [2.05, 4.69) is 15.3 Å². The molecule has 1 aromatic carbocycles. The number of hydrogen-bond donors (Lipinski definition) is 3. The maximum Gasteiger partial charge on any atom is 0.472 e. The molecule has 0 spiro atoms. The average molecular weight is 383 g/mol.